The number of hydrogen-bond donors (Lipinski definition) is 1. The maximum absolute atomic E-state index is 13.1. The van der Waals surface area contributed by atoms with Gasteiger partial charge in [-0.3, -0.25) is 14.3 Å². The van der Waals surface area contributed by atoms with E-state index in [1.807, 2.05) is 50.4 Å². The van der Waals surface area contributed by atoms with Crippen LogP contribution in [0.15, 0.2) is 52.9 Å². The van der Waals surface area contributed by atoms with E-state index in [0.717, 1.165) is 40.8 Å². The van der Waals surface area contributed by atoms with Crippen LogP contribution in [0, 0.1) is 30.1 Å². The van der Waals surface area contributed by atoms with Gasteiger partial charge in [0, 0.05) is 20.0 Å². The van der Waals surface area contributed by atoms with Crippen molar-refractivity contribution in [2.24, 2.45) is 30.2 Å². The summed E-state index contributed by atoms with van der Waals surface area (Å²) in [4.78, 5) is 26.1. The molecule has 0 aliphatic heterocycles. The monoisotopic (exact) mass is 532 g/mol. The van der Waals surface area contributed by atoms with Crippen LogP contribution in [0.1, 0.15) is 50.0 Å². The molecule has 0 unspecified atom stereocenters. The third-order valence-electron chi connectivity index (χ3n) is 8.95. The van der Waals surface area contributed by atoms with Gasteiger partial charge in [0.05, 0.1) is 17.1 Å². The lowest BCUT2D eigenvalue weighted by atomic mass is 9.49. The van der Waals surface area contributed by atoms with Crippen molar-refractivity contribution in [1.82, 2.24) is 24.1 Å². The fourth-order valence-electron chi connectivity index (χ4n) is 7.73. The predicted molar refractivity (Wildman–Crippen MR) is 150 cm³/mol. The van der Waals surface area contributed by atoms with Crippen LogP contribution in [0.2, 0.25) is 0 Å². The summed E-state index contributed by atoms with van der Waals surface area (Å²) in [5.74, 6) is 3.59. The molecule has 0 atom stereocenters. The van der Waals surface area contributed by atoms with Gasteiger partial charge in [0.1, 0.15) is 11.5 Å². The Labute approximate surface area is 227 Å². The van der Waals surface area contributed by atoms with Crippen LogP contribution >= 0.6 is 11.8 Å². The molecule has 4 aliphatic carbocycles. The Balaban J connectivity index is 1.15. The van der Waals surface area contributed by atoms with Gasteiger partial charge in [0.2, 0.25) is 5.91 Å². The molecule has 1 amide bonds. The number of hydrogen-bond acceptors (Lipinski definition) is 5. The Kier molecular flexibility index (Phi) is 6.58. The average Bonchev–Trinajstić information content (AvgIpc) is 3.34. The third-order valence-corrected chi connectivity index (χ3v) is 9.92. The van der Waals surface area contributed by atoms with Crippen molar-refractivity contribution >= 4 is 23.4 Å². The van der Waals surface area contributed by atoms with Crippen LogP contribution in [0.4, 0.5) is 5.69 Å². The largest absolute Gasteiger partial charge is 0.319 e. The minimum atomic E-state index is -0.248. The number of benzene rings is 1. The Morgan fingerprint density at radius 3 is 2.42 bits per heavy atom. The molecule has 1 aromatic carbocycles. The highest BCUT2D eigenvalue weighted by atomic mass is 32.2. The molecule has 9 heteroatoms. The van der Waals surface area contributed by atoms with Crippen molar-refractivity contribution in [2.45, 2.75) is 63.6 Å². The number of thioether (sulfide) groups is 1. The fourth-order valence-corrected chi connectivity index (χ4v) is 8.50. The smallest absolute Gasteiger partial charge is 0.295 e. The van der Waals surface area contributed by atoms with Gasteiger partial charge in [0.25, 0.3) is 5.56 Å². The van der Waals surface area contributed by atoms with Gasteiger partial charge < -0.3 is 9.88 Å². The first-order valence-corrected chi connectivity index (χ1v) is 14.6. The second-order valence-corrected chi connectivity index (χ2v) is 12.6. The second kappa shape index (κ2) is 9.91. The van der Waals surface area contributed by atoms with Gasteiger partial charge in [0.15, 0.2) is 5.16 Å². The standard InChI is InChI=1S/C29H36N6O2S/c1-4-10-34-24(17-29-14-20-11-21(15-29)13-22(12-20)16-29)31-32-28(34)38-18-25(36)30-26-19(2)33(3)35(27(26)37)23-8-6-5-7-9-23/h4-9,20-22H,1,10-18H2,2-3H3,(H,30,36). The van der Waals surface area contributed by atoms with Gasteiger partial charge in [-0.2, -0.15) is 0 Å². The molecular weight excluding hydrogens is 496 g/mol. The Hall–Kier alpha value is -3.07. The number of carbonyl (C=O) groups is 1. The lowest BCUT2D eigenvalue weighted by molar-refractivity contribution is -0.113. The summed E-state index contributed by atoms with van der Waals surface area (Å²) in [5.41, 5.74) is 1.87. The Morgan fingerprint density at radius 1 is 1.13 bits per heavy atom. The second-order valence-electron chi connectivity index (χ2n) is 11.7. The molecule has 3 aromatic rings. The quantitative estimate of drug-likeness (QED) is 0.317. The summed E-state index contributed by atoms with van der Waals surface area (Å²) < 4.78 is 5.45. The lowest BCUT2D eigenvalue weighted by Gasteiger charge is -2.56. The molecule has 1 N–H and O–H groups in total. The van der Waals surface area contributed by atoms with E-state index in [-0.39, 0.29) is 17.2 Å². The summed E-state index contributed by atoms with van der Waals surface area (Å²) in [7, 11) is 1.82. The van der Waals surface area contributed by atoms with E-state index in [2.05, 4.69) is 26.7 Å². The van der Waals surface area contributed by atoms with E-state index in [1.54, 1.807) is 9.36 Å². The first-order chi connectivity index (χ1) is 18.4. The maximum Gasteiger partial charge on any atom is 0.295 e. The number of amides is 1. The zero-order valence-corrected chi connectivity index (χ0v) is 23.0. The summed E-state index contributed by atoms with van der Waals surface area (Å²) in [5, 5.41) is 12.7. The highest BCUT2D eigenvalue weighted by molar-refractivity contribution is 7.99. The molecule has 2 heterocycles. The molecule has 0 radical (unpaired) electrons. The van der Waals surface area contributed by atoms with Crippen molar-refractivity contribution in [3.63, 3.8) is 0 Å². The lowest BCUT2D eigenvalue weighted by Crippen LogP contribution is -2.47. The molecule has 0 spiro atoms. The van der Waals surface area contributed by atoms with Crippen molar-refractivity contribution in [1.29, 1.82) is 0 Å². The molecule has 8 nitrogen and oxygen atoms in total. The minimum Gasteiger partial charge on any atom is -0.319 e. The van der Waals surface area contributed by atoms with Crippen LogP contribution in [0.3, 0.4) is 0 Å². The highest BCUT2D eigenvalue weighted by Crippen LogP contribution is 2.61. The molecule has 4 aliphatic rings. The number of allylic oxidation sites excluding steroid dienone is 1. The van der Waals surface area contributed by atoms with E-state index >= 15 is 0 Å². The minimum absolute atomic E-state index is 0.145. The predicted octanol–water partition coefficient (Wildman–Crippen LogP) is 4.75. The molecule has 200 valence electrons. The van der Waals surface area contributed by atoms with Crippen LogP contribution < -0.4 is 10.9 Å². The van der Waals surface area contributed by atoms with Gasteiger partial charge >= 0.3 is 0 Å². The average molecular weight is 533 g/mol. The first kappa shape index (κ1) is 25.2. The summed E-state index contributed by atoms with van der Waals surface area (Å²) >= 11 is 1.36. The normalized spacial score (nSPS) is 25.6. The molecule has 4 saturated carbocycles. The van der Waals surface area contributed by atoms with E-state index in [1.165, 1.54) is 50.3 Å². The van der Waals surface area contributed by atoms with Gasteiger partial charge in [-0.1, -0.05) is 36.0 Å². The van der Waals surface area contributed by atoms with Crippen LogP contribution in [-0.2, 0) is 24.8 Å². The van der Waals surface area contributed by atoms with Crippen molar-refractivity contribution < 1.29 is 4.79 Å². The summed E-state index contributed by atoms with van der Waals surface area (Å²) in [6.45, 7) is 6.40. The number of anilines is 1. The van der Waals surface area contributed by atoms with E-state index in [9.17, 15) is 9.59 Å². The van der Waals surface area contributed by atoms with Crippen molar-refractivity contribution in [3.8, 4) is 5.69 Å². The van der Waals surface area contributed by atoms with Crippen LogP contribution in [0.5, 0.6) is 0 Å². The molecule has 4 bridgehead atoms. The number of aromatic nitrogens is 5. The third kappa shape index (κ3) is 4.55. The topological polar surface area (TPSA) is 86.7 Å². The SMILES string of the molecule is C=CCn1c(CC23CC4CC(CC(C4)C2)C3)nnc1SCC(=O)Nc1c(C)n(C)n(-c2ccccc2)c1=O. The molecule has 0 saturated heterocycles. The number of carbonyl (C=O) groups excluding carboxylic acids is 1. The molecule has 2 aromatic heterocycles. The molecule has 4 fully saturated rings. The van der Waals surface area contributed by atoms with E-state index in [4.69, 9.17) is 0 Å². The highest BCUT2D eigenvalue weighted by Gasteiger charge is 2.51. The molecular formula is C29H36N6O2S. The number of para-hydroxylation sites is 1. The van der Waals surface area contributed by atoms with E-state index in [0.29, 0.717) is 23.3 Å². The zero-order valence-electron chi connectivity index (χ0n) is 22.2. The first-order valence-electron chi connectivity index (χ1n) is 13.7. The van der Waals surface area contributed by atoms with E-state index < -0.39 is 0 Å². The maximum atomic E-state index is 13.1. The number of rotatable bonds is 9. The summed E-state index contributed by atoms with van der Waals surface area (Å²) in [6, 6.07) is 9.42. The summed E-state index contributed by atoms with van der Waals surface area (Å²) in [6.07, 6.45) is 11.1. The number of nitrogens with one attached hydrogen (secondary N) is 1. The Bertz CT molecular complexity index is 1380. The Morgan fingerprint density at radius 2 is 1.79 bits per heavy atom. The number of nitrogens with zero attached hydrogens (tertiary/aromatic N) is 5. The van der Waals surface area contributed by atoms with Gasteiger partial charge in [-0.05, 0) is 80.8 Å². The van der Waals surface area contributed by atoms with Crippen molar-refractivity contribution in [2.75, 3.05) is 11.1 Å². The van der Waals surface area contributed by atoms with Crippen molar-refractivity contribution in [3.05, 3.63) is 64.9 Å². The fraction of sp³-hybridized carbons (Fsp3) is 0.517. The van der Waals surface area contributed by atoms with Gasteiger partial charge in [-0.25, -0.2) is 4.68 Å². The molecule has 7 rings (SSSR count). The van der Waals surface area contributed by atoms with Crippen LogP contribution in [0.25, 0.3) is 5.69 Å². The molecule has 38 heavy (non-hydrogen) atoms. The van der Waals surface area contributed by atoms with Crippen LogP contribution in [-0.4, -0.2) is 35.8 Å². The zero-order chi connectivity index (χ0) is 26.4. The van der Waals surface area contributed by atoms with Gasteiger partial charge in [-0.15, -0.1) is 16.8 Å².